The number of nitrogens with two attached hydrogens (primary N) is 1. The van der Waals surface area contributed by atoms with Crippen molar-refractivity contribution in [3.63, 3.8) is 0 Å². The molecule has 0 aromatic rings. The van der Waals surface area contributed by atoms with E-state index < -0.39 is 6.04 Å². The van der Waals surface area contributed by atoms with Crippen molar-refractivity contribution in [2.24, 2.45) is 11.7 Å². The number of carbonyl (C=O) groups excluding carboxylic acids is 1. The first-order chi connectivity index (χ1) is 5.74. The molecule has 1 aliphatic rings. The second kappa shape index (κ2) is 6.22. The van der Waals surface area contributed by atoms with Gasteiger partial charge >= 0.3 is 5.97 Å². The number of halogens is 1. The fourth-order valence-corrected chi connectivity index (χ4v) is 1.43. The third-order valence-corrected chi connectivity index (χ3v) is 2.40. The maximum Gasteiger partial charge on any atom is 0.322 e. The maximum absolute atomic E-state index is 11.1. The average Bonchev–Trinajstić information content (AvgIpc) is 1.97. The van der Waals surface area contributed by atoms with Gasteiger partial charge in [-0.25, -0.2) is 0 Å². The van der Waals surface area contributed by atoms with Crippen LogP contribution >= 0.6 is 12.4 Å². The summed E-state index contributed by atoms with van der Waals surface area (Å²) in [6.07, 6.45) is 4.55. The Morgan fingerprint density at radius 3 is 2.62 bits per heavy atom. The number of esters is 1. The first-order valence-electron chi connectivity index (χ1n) is 4.66. The van der Waals surface area contributed by atoms with Gasteiger partial charge in [0.15, 0.2) is 0 Å². The van der Waals surface area contributed by atoms with Gasteiger partial charge in [0.05, 0.1) is 6.61 Å². The van der Waals surface area contributed by atoms with Gasteiger partial charge in [-0.15, -0.1) is 12.4 Å². The summed E-state index contributed by atoms with van der Waals surface area (Å²) in [4.78, 5) is 11.1. The van der Waals surface area contributed by atoms with E-state index in [4.69, 9.17) is 10.5 Å². The lowest BCUT2D eigenvalue weighted by molar-refractivity contribution is -0.145. The third kappa shape index (κ3) is 3.96. The molecule has 0 aliphatic heterocycles. The van der Waals surface area contributed by atoms with E-state index in [-0.39, 0.29) is 18.4 Å². The van der Waals surface area contributed by atoms with E-state index in [2.05, 4.69) is 0 Å². The van der Waals surface area contributed by atoms with Crippen LogP contribution in [0.15, 0.2) is 0 Å². The molecular weight excluding hydrogens is 190 g/mol. The van der Waals surface area contributed by atoms with E-state index in [0.717, 1.165) is 6.42 Å². The molecule has 2 N–H and O–H groups in total. The van der Waals surface area contributed by atoms with E-state index in [1.165, 1.54) is 19.3 Å². The van der Waals surface area contributed by atoms with Crippen LogP contribution in [-0.4, -0.2) is 18.6 Å². The molecule has 0 radical (unpaired) electrons. The summed E-state index contributed by atoms with van der Waals surface area (Å²) in [6.45, 7) is 2.23. The molecule has 1 atom stereocenters. The Balaban J connectivity index is 0.00000144. The van der Waals surface area contributed by atoms with Crippen LogP contribution in [0.3, 0.4) is 0 Å². The second-order valence-corrected chi connectivity index (χ2v) is 3.39. The standard InChI is InChI=1S/C9H17NO2.ClH/c1-2-12-9(11)8(10)6-7-4-3-5-7;/h7-8H,2-6,10H2,1H3;1H/t8-;/m1./s1. The van der Waals surface area contributed by atoms with Crippen LogP contribution in [0.4, 0.5) is 0 Å². The van der Waals surface area contributed by atoms with E-state index >= 15 is 0 Å². The van der Waals surface area contributed by atoms with Gasteiger partial charge in [0, 0.05) is 0 Å². The number of rotatable bonds is 4. The first-order valence-corrected chi connectivity index (χ1v) is 4.66. The molecule has 0 aromatic heterocycles. The summed E-state index contributed by atoms with van der Waals surface area (Å²) in [5, 5.41) is 0. The van der Waals surface area contributed by atoms with Crippen molar-refractivity contribution < 1.29 is 9.53 Å². The Morgan fingerprint density at radius 2 is 2.23 bits per heavy atom. The summed E-state index contributed by atoms with van der Waals surface area (Å²) in [5.41, 5.74) is 5.64. The molecule has 0 unspecified atom stereocenters. The normalized spacial score (nSPS) is 18.3. The highest BCUT2D eigenvalue weighted by molar-refractivity contribution is 5.85. The highest BCUT2D eigenvalue weighted by Crippen LogP contribution is 2.30. The highest BCUT2D eigenvalue weighted by atomic mass is 35.5. The monoisotopic (exact) mass is 207 g/mol. The smallest absolute Gasteiger partial charge is 0.322 e. The van der Waals surface area contributed by atoms with Gasteiger partial charge in [0.25, 0.3) is 0 Å². The zero-order chi connectivity index (χ0) is 8.97. The minimum absolute atomic E-state index is 0. The molecule has 0 saturated heterocycles. The fraction of sp³-hybridized carbons (Fsp3) is 0.889. The van der Waals surface area contributed by atoms with Gasteiger partial charge in [0.1, 0.15) is 6.04 Å². The summed E-state index contributed by atoms with van der Waals surface area (Å²) < 4.78 is 4.81. The van der Waals surface area contributed by atoms with Gasteiger partial charge < -0.3 is 10.5 Å². The SMILES string of the molecule is CCOC(=O)[C@H](N)CC1CCC1.Cl. The average molecular weight is 208 g/mol. The maximum atomic E-state index is 11.1. The fourth-order valence-electron chi connectivity index (χ4n) is 1.43. The summed E-state index contributed by atoms with van der Waals surface area (Å²) in [5.74, 6) is 0.425. The molecule has 1 fully saturated rings. The molecule has 4 heteroatoms. The van der Waals surface area contributed by atoms with Crippen LogP contribution in [0.2, 0.25) is 0 Å². The minimum atomic E-state index is -0.393. The molecule has 13 heavy (non-hydrogen) atoms. The number of hydrogen-bond acceptors (Lipinski definition) is 3. The molecule has 0 amide bonds. The zero-order valence-corrected chi connectivity index (χ0v) is 8.81. The molecule has 1 aliphatic carbocycles. The molecule has 0 spiro atoms. The predicted molar refractivity (Wildman–Crippen MR) is 53.8 cm³/mol. The Morgan fingerprint density at radius 1 is 1.62 bits per heavy atom. The quantitative estimate of drug-likeness (QED) is 0.711. The van der Waals surface area contributed by atoms with E-state index in [9.17, 15) is 4.79 Å². The molecule has 0 heterocycles. The lowest BCUT2D eigenvalue weighted by Gasteiger charge is -2.27. The lowest BCUT2D eigenvalue weighted by atomic mass is 9.81. The van der Waals surface area contributed by atoms with Gasteiger partial charge in [-0.1, -0.05) is 19.3 Å². The van der Waals surface area contributed by atoms with Crippen molar-refractivity contribution in [1.82, 2.24) is 0 Å². The Kier molecular flexibility index (Phi) is 6.08. The van der Waals surface area contributed by atoms with Crippen molar-refractivity contribution in [3.05, 3.63) is 0 Å². The van der Waals surface area contributed by atoms with Crippen LogP contribution in [0.5, 0.6) is 0 Å². The van der Waals surface area contributed by atoms with E-state index in [0.29, 0.717) is 12.5 Å². The molecule has 0 bridgehead atoms. The van der Waals surface area contributed by atoms with E-state index in [1.807, 2.05) is 0 Å². The Bertz CT molecular complexity index is 160. The van der Waals surface area contributed by atoms with Gasteiger partial charge in [-0.2, -0.15) is 0 Å². The topological polar surface area (TPSA) is 52.3 Å². The molecule has 1 rings (SSSR count). The van der Waals surface area contributed by atoms with Gasteiger partial charge in [-0.05, 0) is 19.3 Å². The van der Waals surface area contributed by atoms with Crippen molar-refractivity contribution in [3.8, 4) is 0 Å². The molecule has 78 valence electrons. The molecule has 1 saturated carbocycles. The van der Waals surface area contributed by atoms with Crippen molar-refractivity contribution in [2.75, 3.05) is 6.61 Å². The molecule has 0 aromatic carbocycles. The third-order valence-electron chi connectivity index (χ3n) is 2.40. The van der Waals surface area contributed by atoms with E-state index in [1.54, 1.807) is 6.92 Å². The highest BCUT2D eigenvalue weighted by Gasteiger charge is 2.24. The van der Waals surface area contributed by atoms with Crippen molar-refractivity contribution in [2.45, 2.75) is 38.6 Å². The predicted octanol–water partition coefficient (Wildman–Crippen LogP) is 1.49. The minimum Gasteiger partial charge on any atom is -0.465 e. The van der Waals surface area contributed by atoms with Crippen LogP contribution in [-0.2, 0) is 9.53 Å². The van der Waals surface area contributed by atoms with Crippen molar-refractivity contribution in [1.29, 1.82) is 0 Å². The van der Waals surface area contributed by atoms with Gasteiger partial charge in [0.2, 0.25) is 0 Å². The summed E-state index contributed by atoms with van der Waals surface area (Å²) in [7, 11) is 0. The Labute approximate surface area is 85.4 Å². The molecule has 3 nitrogen and oxygen atoms in total. The number of hydrogen-bond donors (Lipinski definition) is 1. The van der Waals surface area contributed by atoms with Crippen LogP contribution < -0.4 is 5.73 Å². The number of carbonyl (C=O) groups is 1. The van der Waals surface area contributed by atoms with Crippen LogP contribution in [0, 0.1) is 5.92 Å². The summed E-state index contributed by atoms with van der Waals surface area (Å²) in [6, 6.07) is -0.393. The molecular formula is C9H18ClNO2. The zero-order valence-electron chi connectivity index (χ0n) is 7.99. The first kappa shape index (κ1) is 12.7. The van der Waals surface area contributed by atoms with Gasteiger partial charge in [-0.3, -0.25) is 4.79 Å². The largest absolute Gasteiger partial charge is 0.465 e. The second-order valence-electron chi connectivity index (χ2n) is 3.39. The van der Waals surface area contributed by atoms with Crippen LogP contribution in [0.25, 0.3) is 0 Å². The lowest BCUT2D eigenvalue weighted by Crippen LogP contribution is -2.35. The van der Waals surface area contributed by atoms with Crippen LogP contribution in [0.1, 0.15) is 32.6 Å². The van der Waals surface area contributed by atoms with Crippen molar-refractivity contribution >= 4 is 18.4 Å². The Hall–Kier alpha value is -0.280. The number of ether oxygens (including phenoxy) is 1. The summed E-state index contributed by atoms with van der Waals surface area (Å²) >= 11 is 0.